The summed E-state index contributed by atoms with van der Waals surface area (Å²) in [7, 11) is 0. The normalized spacial score (nSPS) is 10.4. The molecule has 2 N–H and O–H groups in total. The summed E-state index contributed by atoms with van der Waals surface area (Å²) in [6, 6.07) is 5.37. The Kier molecular flexibility index (Phi) is 3.44. The lowest BCUT2D eigenvalue weighted by Crippen LogP contribution is -2.01. The summed E-state index contributed by atoms with van der Waals surface area (Å²) in [5.41, 5.74) is 6.34. The fourth-order valence-corrected chi connectivity index (χ4v) is 1.41. The molecule has 0 radical (unpaired) electrons. The molecule has 2 rings (SSSR count). The highest BCUT2D eigenvalue weighted by Gasteiger charge is 2.03. The van der Waals surface area contributed by atoms with Crippen molar-refractivity contribution in [1.29, 1.82) is 0 Å². The number of pyridine rings is 1. The Labute approximate surface area is 98.0 Å². The third kappa shape index (κ3) is 2.53. The molecule has 0 amide bonds. The average Bonchev–Trinajstić information content (AvgIpc) is 2.81. The van der Waals surface area contributed by atoms with E-state index in [0.29, 0.717) is 24.1 Å². The van der Waals surface area contributed by atoms with Crippen LogP contribution < -0.4 is 10.5 Å². The molecule has 0 spiro atoms. The number of hydrogen-bond donors (Lipinski definition) is 1. The van der Waals surface area contributed by atoms with Gasteiger partial charge in [-0.3, -0.25) is 0 Å². The molecule has 0 aromatic carbocycles. The number of halogens is 1. The molecule has 2 aromatic heterocycles. The van der Waals surface area contributed by atoms with Crippen LogP contribution in [0.15, 0.2) is 35.1 Å². The maximum absolute atomic E-state index is 5.88. The second kappa shape index (κ2) is 5.01. The molecule has 2 aromatic rings. The van der Waals surface area contributed by atoms with Crippen LogP contribution >= 0.6 is 11.6 Å². The second-order valence-electron chi connectivity index (χ2n) is 3.19. The van der Waals surface area contributed by atoms with E-state index >= 15 is 0 Å². The Hall–Kier alpha value is -1.52. The van der Waals surface area contributed by atoms with Crippen molar-refractivity contribution in [3.8, 4) is 5.88 Å². The van der Waals surface area contributed by atoms with E-state index in [2.05, 4.69) is 4.98 Å². The first-order valence-corrected chi connectivity index (χ1v) is 5.17. The average molecular weight is 239 g/mol. The Bertz CT molecular complexity index is 457. The summed E-state index contributed by atoms with van der Waals surface area (Å²) < 4.78 is 10.6. The van der Waals surface area contributed by atoms with Crippen LogP contribution in [0.4, 0.5) is 0 Å². The molecule has 0 saturated heterocycles. The van der Waals surface area contributed by atoms with Crippen LogP contribution in [0.3, 0.4) is 0 Å². The first-order valence-electron chi connectivity index (χ1n) is 4.79. The molecule has 0 atom stereocenters. The highest BCUT2D eigenvalue weighted by molar-refractivity contribution is 6.31. The lowest BCUT2D eigenvalue weighted by atomic mass is 10.3. The lowest BCUT2D eigenvalue weighted by molar-refractivity contribution is 0.260. The van der Waals surface area contributed by atoms with E-state index in [1.54, 1.807) is 18.4 Å². The molecule has 0 aliphatic carbocycles. The van der Waals surface area contributed by atoms with Gasteiger partial charge in [-0.2, -0.15) is 0 Å². The van der Waals surface area contributed by atoms with E-state index in [-0.39, 0.29) is 0 Å². The molecule has 5 heteroatoms. The quantitative estimate of drug-likeness (QED) is 0.888. The van der Waals surface area contributed by atoms with Crippen molar-refractivity contribution in [1.82, 2.24) is 4.98 Å². The van der Waals surface area contributed by atoms with Gasteiger partial charge in [-0.1, -0.05) is 11.6 Å². The zero-order valence-electron chi connectivity index (χ0n) is 8.52. The van der Waals surface area contributed by atoms with Gasteiger partial charge in [0.2, 0.25) is 5.88 Å². The highest BCUT2D eigenvalue weighted by Crippen LogP contribution is 2.19. The van der Waals surface area contributed by atoms with Gasteiger partial charge in [-0.05, 0) is 17.7 Å². The second-order valence-corrected chi connectivity index (χ2v) is 3.59. The number of nitrogens with two attached hydrogens (primary N) is 1. The van der Waals surface area contributed by atoms with Crippen molar-refractivity contribution in [2.75, 3.05) is 0 Å². The fraction of sp³-hybridized carbons (Fsp3) is 0.182. The Morgan fingerprint density at radius 2 is 2.38 bits per heavy atom. The van der Waals surface area contributed by atoms with E-state index in [1.165, 1.54) is 6.20 Å². The van der Waals surface area contributed by atoms with Crippen LogP contribution in [0.2, 0.25) is 5.02 Å². The fourth-order valence-electron chi connectivity index (χ4n) is 1.23. The van der Waals surface area contributed by atoms with Gasteiger partial charge >= 0.3 is 0 Å². The third-order valence-corrected chi connectivity index (χ3v) is 2.41. The Balaban J connectivity index is 2.04. The summed E-state index contributed by atoms with van der Waals surface area (Å²) in [6.45, 7) is 0.699. The molecule has 2 heterocycles. The van der Waals surface area contributed by atoms with Crippen LogP contribution in [-0.4, -0.2) is 4.98 Å². The number of furan rings is 1. The summed E-state index contributed by atoms with van der Waals surface area (Å²) in [5.74, 6) is 1.23. The van der Waals surface area contributed by atoms with Gasteiger partial charge in [0.15, 0.2) is 0 Å². The zero-order valence-corrected chi connectivity index (χ0v) is 9.28. The van der Waals surface area contributed by atoms with E-state index in [4.69, 9.17) is 26.5 Å². The molecule has 84 valence electrons. The molecule has 0 bridgehead atoms. The minimum Gasteiger partial charge on any atom is -0.469 e. The first kappa shape index (κ1) is 11.0. The van der Waals surface area contributed by atoms with Crippen molar-refractivity contribution >= 4 is 11.6 Å². The summed E-state index contributed by atoms with van der Waals surface area (Å²) in [4.78, 5) is 4.03. The smallest absolute Gasteiger partial charge is 0.214 e. The maximum Gasteiger partial charge on any atom is 0.214 e. The van der Waals surface area contributed by atoms with Crippen LogP contribution in [-0.2, 0) is 13.2 Å². The summed E-state index contributed by atoms with van der Waals surface area (Å²) in [6.07, 6.45) is 3.13. The summed E-state index contributed by atoms with van der Waals surface area (Å²) >= 11 is 5.88. The predicted octanol–water partition coefficient (Wildman–Crippen LogP) is 2.37. The zero-order chi connectivity index (χ0) is 11.4. The van der Waals surface area contributed by atoms with Crippen molar-refractivity contribution in [3.05, 3.63) is 47.0 Å². The van der Waals surface area contributed by atoms with Gasteiger partial charge in [-0.15, -0.1) is 0 Å². The van der Waals surface area contributed by atoms with E-state index in [9.17, 15) is 0 Å². The van der Waals surface area contributed by atoms with Crippen LogP contribution in [0, 0.1) is 0 Å². The van der Waals surface area contributed by atoms with Crippen molar-refractivity contribution in [2.45, 2.75) is 13.2 Å². The topological polar surface area (TPSA) is 61.3 Å². The standard InChI is InChI=1S/C11H11ClN2O2/c12-10-6-14-11(4-8(10)5-13)16-7-9-2-1-3-15-9/h1-4,6H,5,7,13H2. The minimum atomic E-state index is 0.339. The molecule has 16 heavy (non-hydrogen) atoms. The van der Waals surface area contributed by atoms with Crippen LogP contribution in [0.25, 0.3) is 0 Å². The molecule has 4 nitrogen and oxygen atoms in total. The van der Waals surface area contributed by atoms with E-state index in [0.717, 1.165) is 11.3 Å². The third-order valence-electron chi connectivity index (χ3n) is 2.07. The Morgan fingerprint density at radius 3 is 3.06 bits per heavy atom. The number of rotatable bonds is 4. The van der Waals surface area contributed by atoms with E-state index in [1.807, 2.05) is 6.07 Å². The van der Waals surface area contributed by atoms with Crippen LogP contribution in [0.1, 0.15) is 11.3 Å². The number of nitrogens with zero attached hydrogens (tertiary/aromatic N) is 1. The molecule has 0 fully saturated rings. The van der Waals surface area contributed by atoms with Crippen molar-refractivity contribution in [2.24, 2.45) is 5.73 Å². The van der Waals surface area contributed by atoms with Gasteiger partial charge in [0.1, 0.15) is 12.4 Å². The lowest BCUT2D eigenvalue weighted by Gasteiger charge is -2.05. The van der Waals surface area contributed by atoms with Gasteiger partial charge < -0.3 is 14.9 Å². The first-order chi connectivity index (χ1) is 7.79. The van der Waals surface area contributed by atoms with Gasteiger partial charge in [0, 0.05) is 18.8 Å². The van der Waals surface area contributed by atoms with Gasteiger partial charge in [0.25, 0.3) is 0 Å². The van der Waals surface area contributed by atoms with Gasteiger partial charge in [0.05, 0.1) is 11.3 Å². The largest absolute Gasteiger partial charge is 0.469 e. The molecule has 0 aliphatic heterocycles. The predicted molar refractivity (Wildman–Crippen MR) is 60.2 cm³/mol. The summed E-state index contributed by atoms with van der Waals surface area (Å²) in [5, 5.41) is 0.549. The molecule has 0 unspecified atom stereocenters. The highest BCUT2D eigenvalue weighted by atomic mass is 35.5. The molecular weight excluding hydrogens is 228 g/mol. The molecular formula is C11H11ClN2O2. The van der Waals surface area contributed by atoms with Crippen LogP contribution in [0.5, 0.6) is 5.88 Å². The number of hydrogen-bond acceptors (Lipinski definition) is 4. The van der Waals surface area contributed by atoms with Gasteiger partial charge in [-0.25, -0.2) is 4.98 Å². The molecule has 0 aliphatic rings. The number of aromatic nitrogens is 1. The Morgan fingerprint density at radius 1 is 1.50 bits per heavy atom. The van der Waals surface area contributed by atoms with Crippen molar-refractivity contribution in [3.63, 3.8) is 0 Å². The minimum absolute atomic E-state index is 0.339. The maximum atomic E-state index is 5.88. The molecule has 0 saturated carbocycles. The van der Waals surface area contributed by atoms with Crippen molar-refractivity contribution < 1.29 is 9.15 Å². The monoisotopic (exact) mass is 238 g/mol. The number of ether oxygens (including phenoxy) is 1. The van der Waals surface area contributed by atoms with E-state index < -0.39 is 0 Å². The SMILES string of the molecule is NCc1cc(OCc2ccco2)ncc1Cl.